The van der Waals surface area contributed by atoms with Gasteiger partial charge in [0.25, 0.3) is 0 Å². The van der Waals surface area contributed by atoms with Gasteiger partial charge in [0.05, 0.1) is 5.75 Å². The molecule has 0 bridgehead atoms. The number of hydrogen-bond acceptors (Lipinski definition) is 3. The zero-order valence-electron chi connectivity index (χ0n) is 6.47. The SMILES string of the molecule is C#COS(=O)(=O)CCCC(F)(F)F. The van der Waals surface area contributed by atoms with Crippen molar-refractivity contribution in [3.8, 4) is 12.5 Å². The fraction of sp³-hybridized carbons (Fsp3) is 0.667. The monoisotopic (exact) mass is 216 g/mol. The van der Waals surface area contributed by atoms with E-state index in [-0.39, 0.29) is 0 Å². The zero-order valence-corrected chi connectivity index (χ0v) is 7.28. The maximum atomic E-state index is 11.5. The number of hydrogen-bond donors (Lipinski definition) is 0. The van der Waals surface area contributed by atoms with E-state index in [2.05, 4.69) is 10.6 Å². The van der Waals surface area contributed by atoms with Crippen molar-refractivity contribution < 1.29 is 25.8 Å². The van der Waals surface area contributed by atoms with Crippen LogP contribution in [0.3, 0.4) is 0 Å². The molecule has 3 nitrogen and oxygen atoms in total. The fourth-order valence-electron chi connectivity index (χ4n) is 0.564. The largest absolute Gasteiger partial charge is 0.389 e. The van der Waals surface area contributed by atoms with Gasteiger partial charge in [0.15, 0.2) is 0 Å². The highest BCUT2D eigenvalue weighted by atomic mass is 32.2. The van der Waals surface area contributed by atoms with Crippen LogP contribution in [-0.2, 0) is 14.3 Å². The molecule has 0 aromatic rings. The first-order chi connectivity index (χ1) is 5.77. The minimum absolute atomic E-state index is 0.548. The molecule has 7 heteroatoms. The average molecular weight is 216 g/mol. The van der Waals surface area contributed by atoms with E-state index in [0.29, 0.717) is 0 Å². The normalized spacial score (nSPS) is 12.2. The number of rotatable bonds is 4. The van der Waals surface area contributed by atoms with Crippen molar-refractivity contribution in [2.75, 3.05) is 5.75 Å². The van der Waals surface area contributed by atoms with Crippen molar-refractivity contribution in [2.24, 2.45) is 0 Å². The lowest BCUT2D eigenvalue weighted by molar-refractivity contribution is -0.134. The lowest BCUT2D eigenvalue weighted by atomic mass is 10.3. The molecule has 0 unspecified atom stereocenters. The maximum absolute atomic E-state index is 11.5. The second-order valence-electron chi connectivity index (χ2n) is 2.18. The third-order valence-electron chi connectivity index (χ3n) is 1.03. The van der Waals surface area contributed by atoms with E-state index >= 15 is 0 Å². The molecule has 0 saturated heterocycles. The third kappa shape index (κ3) is 7.46. The van der Waals surface area contributed by atoms with Gasteiger partial charge in [0, 0.05) is 6.42 Å². The van der Waals surface area contributed by atoms with Crippen LogP contribution in [0.25, 0.3) is 0 Å². The summed E-state index contributed by atoms with van der Waals surface area (Å²) in [6.45, 7) is 0. The van der Waals surface area contributed by atoms with Crippen molar-refractivity contribution in [1.82, 2.24) is 0 Å². The molecule has 0 N–H and O–H groups in total. The summed E-state index contributed by atoms with van der Waals surface area (Å²) in [5.41, 5.74) is 0. The molecule has 0 aliphatic heterocycles. The second-order valence-corrected chi connectivity index (χ2v) is 3.87. The van der Waals surface area contributed by atoms with Gasteiger partial charge in [-0.05, 0) is 6.42 Å². The summed E-state index contributed by atoms with van der Waals surface area (Å²) in [6, 6.07) is 0. The quantitative estimate of drug-likeness (QED) is 0.525. The fourth-order valence-corrected chi connectivity index (χ4v) is 1.29. The smallest absolute Gasteiger partial charge is 0.328 e. The van der Waals surface area contributed by atoms with Crippen molar-refractivity contribution in [3.63, 3.8) is 0 Å². The zero-order chi connectivity index (χ0) is 10.5. The first kappa shape index (κ1) is 12.1. The molecule has 0 atom stereocenters. The van der Waals surface area contributed by atoms with E-state index in [0.717, 1.165) is 0 Å². The summed E-state index contributed by atoms with van der Waals surface area (Å²) in [5.74, 6) is -0.725. The molecule has 0 fully saturated rings. The Morgan fingerprint density at radius 2 is 1.92 bits per heavy atom. The van der Waals surface area contributed by atoms with Crippen LogP contribution < -0.4 is 0 Å². The van der Waals surface area contributed by atoms with Crippen LogP contribution in [-0.4, -0.2) is 20.3 Å². The first-order valence-corrected chi connectivity index (χ1v) is 4.78. The number of halogens is 3. The van der Waals surface area contributed by atoms with E-state index in [9.17, 15) is 21.6 Å². The van der Waals surface area contributed by atoms with Gasteiger partial charge in [-0.25, -0.2) is 0 Å². The molecule has 0 aliphatic carbocycles. The summed E-state index contributed by atoms with van der Waals surface area (Å²) >= 11 is 0. The average Bonchev–Trinajstić information content (AvgIpc) is 1.82. The molecule has 0 amide bonds. The van der Waals surface area contributed by atoms with E-state index < -0.39 is 34.9 Å². The molecule has 13 heavy (non-hydrogen) atoms. The summed E-state index contributed by atoms with van der Waals surface area (Å²) in [6.07, 6.45) is -0.185. The Morgan fingerprint density at radius 3 is 2.31 bits per heavy atom. The third-order valence-corrected chi connectivity index (χ3v) is 2.17. The number of terminal acetylenes is 1. The molecule has 0 radical (unpaired) electrons. The molecule has 0 heterocycles. The maximum Gasteiger partial charge on any atom is 0.389 e. The van der Waals surface area contributed by atoms with Gasteiger partial charge < -0.3 is 4.18 Å². The lowest BCUT2D eigenvalue weighted by Crippen LogP contribution is -2.13. The Balaban J connectivity index is 3.86. The van der Waals surface area contributed by atoms with Crippen LogP contribution in [0.5, 0.6) is 0 Å². The van der Waals surface area contributed by atoms with Gasteiger partial charge in [-0.3, -0.25) is 0 Å². The molecule has 0 saturated carbocycles. The first-order valence-electron chi connectivity index (χ1n) is 3.20. The van der Waals surface area contributed by atoms with E-state index in [1.165, 1.54) is 6.11 Å². The van der Waals surface area contributed by atoms with Gasteiger partial charge in [-0.15, -0.1) is 0 Å². The van der Waals surface area contributed by atoms with E-state index in [1.54, 1.807) is 0 Å². The minimum atomic E-state index is -4.36. The van der Waals surface area contributed by atoms with Gasteiger partial charge in [0.1, 0.15) is 6.11 Å². The number of alkyl halides is 3. The van der Waals surface area contributed by atoms with Crippen LogP contribution in [0.1, 0.15) is 12.8 Å². The highest BCUT2D eigenvalue weighted by Crippen LogP contribution is 2.21. The second kappa shape index (κ2) is 4.37. The standard InChI is InChI=1S/C6H7F3O3S/c1-2-12-13(10,11)5-3-4-6(7,8)9/h1H,3-5H2. The molecule has 76 valence electrons. The Bertz CT molecular complexity index is 285. The highest BCUT2D eigenvalue weighted by Gasteiger charge is 2.27. The van der Waals surface area contributed by atoms with Crippen molar-refractivity contribution >= 4 is 10.1 Å². The van der Waals surface area contributed by atoms with Gasteiger partial charge in [-0.1, -0.05) is 6.42 Å². The molecule has 0 spiro atoms. The summed E-state index contributed by atoms with van der Waals surface area (Å²) < 4.78 is 59.6. The van der Waals surface area contributed by atoms with Gasteiger partial charge in [0.2, 0.25) is 0 Å². The molecule has 0 aromatic carbocycles. The Kier molecular flexibility index (Phi) is 4.07. The minimum Gasteiger partial charge on any atom is -0.328 e. The van der Waals surface area contributed by atoms with Crippen LogP contribution >= 0.6 is 0 Å². The van der Waals surface area contributed by atoms with Crippen LogP contribution in [0.15, 0.2) is 0 Å². The predicted octanol–water partition coefficient (Wildman–Crippen LogP) is 1.27. The van der Waals surface area contributed by atoms with Crippen LogP contribution in [0, 0.1) is 12.5 Å². The van der Waals surface area contributed by atoms with E-state index in [1.807, 2.05) is 0 Å². The highest BCUT2D eigenvalue weighted by molar-refractivity contribution is 7.86. The van der Waals surface area contributed by atoms with Crippen LogP contribution in [0.4, 0.5) is 13.2 Å². The topological polar surface area (TPSA) is 43.4 Å². The molecule has 0 rings (SSSR count). The lowest BCUT2D eigenvalue weighted by Gasteiger charge is -2.04. The van der Waals surface area contributed by atoms with E-state index in [4.69, 9.17) is 0 Å². The molecule has 0 aliphatic rings. The molecular formula is C6H7F3O3S. The Labute approximate surface area is 74.0 Å². The van der Waals surface area contributed by atoms with Gasteiger partial charge in [-0.2, -0.15) is 21.6 Å². The van der Waals surface area contributed by atoms with Crippen LogP contribution in [0.2, 0.25) is 0 Å². The van der Waals surface area contributed by atoms with Crippen molar-refractivity contribution in [3.05, 3.63) is 0 Å². The Morgan fingerprint density at radius 1 is 1.38 bits per heavy atom. The molecular weight excluding hydrogens is 209 g/mol. The molecule has 0 aromatic heterocycles. The summed E-state index contributed by atoms with van der Waals surface area (Å²) in [5, 5.41) is 0. The predicted molar refractivity (Wildman–Crippen MR) is 39.0 cm³/mol. The van der Waals surface area contributed by atoms with Crippen molar-refractivity contribution in [2.45, 2.75) is 19.0 Å². The summed E-state index contributed by atoms with van der Waals surface area (Å²) in [7, 11) is -3.99. The Hall–Kier alpha value is -0.900. The summed E-state index contributed by atoms with van der Waals surface area (Å²) in [4.78, 5) is 0. The van der Waals surface area contributed by atoms with Crippen molar-refractivity contribution in [1.29, 1.82) is 0 Å². The van der Waals surface area contributed by atoms with Gasteiger partial charge >= 0.3 is 16.3 Å².